The van der Waals surface area contributed by atoms with Crippen molar-refractivity contribution in [2.24, 2.45) is 5.92 Å². The molecule has 1 saturated heterocycles. The van der Waals surface area contributed by atoms with Crippen LogP contribution < -0.4 is 4.90 Å². The predicted molar refractivity (Wildman–Crippen MR) is 82.8 cm³/mol. The minimum Gasteiger partial charge on any atom is -0.481 e. The number of anilines is 1. The fourth-order valence-corrected chi connectivity index (χ4v) is 3.42. The summed E-state index contributed by atoms with van der Waals surface area (Å²) >= 11 is 0. The van der Waals surface area contributed by atoms with Crippen molar-refractivity contribution in [2.45, 2.75) is 12.8 Å². The first kappa shape index (κ1) is 13.1. The van der Waals surface area contributed by atoms with Gasteiger partial charge < -0.3 is 10.0 Å². The Morgan fingerprint density at radius 2 is 1.86 bits per heavy atom. The number of benzene rings is 2. The van der Waals surface area contributed by atoms with E-state index in [1.807, 2.05) is 30.3 Å². The molecule has 110 valence electrons. The van der Waals surface area contributed by atoms with Crippen LogP contribution in [-0.4, -0.2) is 23.5 Å². The summed E-state index contributed by atoms with van der Waals surface area (Å²) in [4.78, 5) is 24.8. The molecule has 1 N–H and O–H groups in total. The standard InChI is InChI=1S/C18H15NO3/c20-17-9-13(18(21)22)10-19(17)14-5-6-16-12(8-14)7-11-3-1-2-4-15(11)16/h1-6,8,13H,7,9-10H2,(H,21,22)/t13-/m0/s1. The number of carbonyl (C=O) groups is 2. The molecule has 4 nitrogen and oxygen atoms in total. The SMILES string of the molecule is O=C(O)[C@H]1CC(=O)N(c2ccc3c(c2)Cc2ccccc2-3)C1. The van der Waals surface area contributed by atoms with E-state index >= 15 is 0 Å². The van der Waals surface area contributed by atoms with E-state index in [1.54, 1.807) is 4.90 Å². The number of fused-ring (bicyclic) bond motifs is 3. The zero-order valence-electron chi connectivity index (χ0n) is 12.0. The molecule has 2 aliphatic rings. The highest BCUT2D eigenvalue weighted by Gasteiger charge is 2.35. The highest BCUT2D eigenvalue weighted by atomic mass is 16.4. The molecule has 1 aliphatic heterocycles. The van der Waals surface area contributed by atoms with Crippen LogP contribution in [0.25, 0.3) is 11.1 Å². The lowest BCUT2D eigenvalue weighted by atomic mass is 10.1. The first-order chi connectivity index (χ1) is 10.6. The van der Waals surface area contributed by atoms with Crippen LogP contribution in [0.4, 0.5) is 5.69 Å². The van der Waals surface area contributed by atoms with Gasteiger partial charge in [0.25, 0.3) is 0 Å². The smallest absolute Gasteiger partial charge is 0.308 e. The van der Waals surface area contributed by atoms with Crippen LogP contribution in [0.1, 0.15) is 17.5 Å². The molecule has 0 saturated carbocycles. The molecule has 4 heteroatoms. The van der Waals surface area contributed by atoms with E-state index in [9.17, 15) is 9.59 Å². The molecule has 2 aromatic carbocycles. The van der Waals surface area contributed by atoms with Crippen LogP contribution in [0.2, 0.25) is 0 Å². The first-order valence-corrected chi connectivity index (χ1v) is 7.38. The molecule has 1 amide bonds. The van der Waals surface area contributed by atoms with Gasteiger partial charge in [-0.3, -0.25) is 9.59 Å². The fourth-order valence-electron chi connectivity index (χ4n) is 3.42. The van der Waals surface area contributed by atoms with E-state index in [0.29, 0.717) is 0 Å². The largest absolute Gasteiger partial charge is 0.481 e. The van der Waals surface area contributed by atoms with Crippen molar-refractivity contribution in [1.29, 1.82) is 0 Å². The Hall–Kier alpha value is -2.62. The summed E-state index contributed by atoms with van der Waals surface area (Å²) in [7, 11) is 0. The van der Waals surface area contributed by atoms with Gasteiger partial charge in [0, 0.05) is 18.7 Å². The number of hydrogen-bond acceptors (Lipinski definition) is 2. The van der Waals surface area contributed by atoms with E-state index < -0.39 is 11.9 Å². The lowest BCUT2D eigenvalue weighted by Crippen LogP contribution is -2.25. The van der Waals surface area contributed by atoms with Gasteiger partial charge in [-0.25, -0.2) is 0 Å². The molecule has 1 atom stereocenters. The second-order valence-corrected chi connectivity index (χ2v) is 5.92. The van der Waals surface area contributed by atoms with E-state index in [0.717, 1.165) is 12.1 Å². The molecular formula is C18H15NO3. The summed E-state index contributed by atoms with van der Waals surface area (Å²) in [6, 6.07) is 14.3. The number of nitrogens with zero attached hydrogens (tertiary/aromatic N) is 1. The van der Waals surface area contributed by atoms with Crippen molar-refractivity contribution >= 4 is 17.6 Å². The number of carboxylic acids is 1. The summed E-state index contributed by atoms with van der Waals surface area (Å²) in [5.74, 6) is -1.61. The van der Waals surface area contributed by atoms with Gasteiger partial charge in [-0.05, 0) is 40.8 Å². The third kappa shape index (κ3) is 1.91. The fraction of sp³-hybridized carbons (Fsp3) is 0.222. The number of aliphatic carboxylic acids is 1. The van der Waals surface area contributed by atoms with Crippen molar-refractivity contribution in [3.05, 3.63) is 53.6 Å². The lowest BCUT2D eigenvalue weighted by Gasteiger charge is -2.17. The highest BCUT2D eigenvalue weighted by molar-refractivity contribution is 5.99. The topological polar surface area (TPSA) is 57.6 Å². The van der Waals surface area contributed by atoms with Crippen molar-refractivity contribution < 1.29 is 14.7 Å². The number of amides is 1. The minimum atomic E-state index is -0.899. The Bertz CT molecular complexity index is 797. The van der Waals surface area contributed by atoms with E-state index in [2.05, 4.69) is 12.1 Å². The second-order valence-electron chi connectivity index (χ2n) is 5.92. The van der Waals surface area contributed by atoms with Crippen molar-refractivity contribution in [3.63, 3.8) is 0 Å². The van der Waals surface area contributed by atoms with Crippen LogP contribution in [0.3, 0.4) is 0 Å². The van der Waals surface area contributed by atoms with E-state index in [1.165, 1.54) is 22.3 Å². The normalized spacial score (nSPS) is 19.2. The van der Waals surface area contributed by atoms with Crippen molar-refractivity contribution in [2.75, 3.05) is 11.4 Å². The van der Waals surface area contributed by atoms with Crippen LogP contribution >= 0.6 is 0 Å². The molecule has 0 radical (unpaired) electrons. The number of carboxylic acid groups (broad SMARTS) is 1. The molecule has 0 unspecified atom stereocenters. The number of hydrogen-bond donors (Lipinski definition) is 1. The summed E-state index contributed by atoms with van der Waals surface area (Å²) < 4.78 is 0. The van der Waals surface area contributed by atoms with Crippen molar-refractivity contribution in [1.82, 2.24) is 0 Å². The molecule has 0 aromatic heterocycles. The number of rotatable bonds is 2. The average molecular weight is 293 g/mol. The third-order valence-electron chi connectivity index (χ3n) is 4.56. The molecule has 4 rings (SSSR count). The number of carbonyl (C=O) groups excluding carboxylic acids is 1. The molecule has 1 aliphatic carbocycles. The maximum Gasteiger partial charge on any atom is 0.308 e. The maximum atomic E-state index is 12.1. The van der Waals surface area contributed by atoms with Gasteiger partial charge in [0.1, 0.15) is 0 Å². The van der Waals surface area contributed by atoms with Gasteiger partial charge in [-0.15, -0.1) is 0 Å². The lowest BCUT2D eigenvalue weighted by molar-refractivity contribution is -0.141. The van der Waals surface area contributed by atoms with Crippen LogP contribution in [0, 0.1) is 5.92 Å². The Labute approximate surface area is 128 Å². The molecule has 1 fully saturated rings. The molecule has 0 spiro atoms. The van der Waals surface area contributed by atoms with Gasteiger partial charge in [0.05, 0.1) is 5.92 Å². The Kier molecular flexibility index (Phi) is 2.79. The minimum absolute atomic E-state index is 0.0899. The van der Waals surface area contributed by atoms with Crippen molar-refractivity contribution in [3.8, 4) is 11.1 Å². The van der Waals surface area contributed by atoms with E-state index in [-0.39, 0.29) is 18.9 Å². The maximum absolute atomic E-state index is 12.1. The highest BCUT2D eigenvalue weighted by Crippen LogP contribution is 2.39. The van der Waals surface area contributed by atoms with Crippen LogP contribution in [0.15, 0.2) is 42.5 Å². The summed E-state index contributed by atoms with van der Waals surface area (Å²) in [6.45, 7) is 0.264. The van der Waals surface area contributed by atoms with Gasteiger partial charge >= 0.3 is 5.97 Å². The summed E-state index contributed by atoms with van der Waals surface area (Å²) in [5.41, 5.74) is 5.76. The van der Waals surface area contributed by atoms with Gasteiger partial charge in [0.15, 0.2) is 0 Å². The summed E-state index contributed by atoms with van der Waals surface area (Å²) in [5, 5.41) is 9.09. The molecule has 22 heavy (non-hydrogen) atoms. The molecule has 0 bridgehead atoms. The van der Waals surface area contributed by atoms with Crippen LogP contribution in [0.5, 0.6) is 0 Å². The Balaban J connectivity index is 1.68. The zero-order valence-corrected chi connectivity index (χ0v) is 12.0. The summed E-state index contributed by atoms with van der Waals surface area (Å²) in [6.07, 6.45) is 0.955. The quantitative estimate of drug-likeness (QED) is 0.790. The van der Waals surface area contributed by atoms with E-state index in [4.69, 9.17) is 5.11 Å². The van der Waals surface area contributed by atoms with Gasteiger partial charge in [-0.2, -0.15) is 0 Å². The zero-order chi connectivity index (χ0) is 15.3. The molecule has 2 aromatic rings. The Morgan fingerprint density at radius 3 is 2.64 bits per heavy atom. The van der Waals surface area contributed by atoms with Gasteiger partial charge in [-0.1, -0.05) is 30.3 Å². The van der Waals surface area contributed by atoms with Crippen LogP contribution in [-0.2, 0) is 16.0 Å². The average Bonchev–Trinajstić information content (AvgIpc) is 3.07. The monoisotopic (exact) mass is 293 g/mol. The third-order valence-corrected chi connectivity index (χ3v) is 4.56. The molecule has 1 heterocycles. The molecular weight excluding hydrogens is 278 g/mol. The predicted octanol–water partition coefficient (Wildman–Crippen LogP) is 2.70. The first-order valence-electron chi connectivity index (χ1n) is 7.38. The van der Waals surface area contributed by atoms with Gasteiger partial charge in [0.2, 0.25) is 5.91 Å². The Morgan fingerprint density at radius 1 is 1.09 bits per heavy atom. The second kappa shape index (κ2) is 4.70.